The summed E-state index contributed by atoms with van der Waals surface area (Å²) in [5.41, 5.74) is -0.343. The van der Waals surface area contributed by atoms with E-state index in [9.17, 15) is 9.90 Å². The van der Waals surface area contributed by atoms with Gasteiger partial charge in [-0.05, 0) is 37.0 Å². The summed E-state index contributed by atoms with van der Waals surface area (Å²) in [6.07, 6.45) is 2.15. The summed E-state index contributed by atoms with van der Waals surface area (Å²) < 4.78 is 5.84. The lowest BCUT2D eigenvalue weighted by Crippen LogP contribution is -2.54. The van der Waals surface area contributed by atoms with Crippen molar-refractivity contribution >= 4 is 5.97 Å². The molecule has 0 radical (unpaired) electrons. The number of esters is 1. The molecule has 3 nitrogen and oxygen atoms in total. The molecule has 1 N–H and O–H groups in total. The van der Waals surface area contributed by atoms with E-state index in [-0.39, 0.29) is 28.8 Å². The first-order chi connectivity index (χ1) is 8.59. The third-order valence-corrected chi connectivity index (χ3v) is 5.51. The van der Waals surface area contributed by atoms with Crippen molar-refractivity contribution in [2.45, 2.75) is 65.6 Å². The van der Waals surface area contributed by atoms with Crippen molar-refractivity contribution in [1.82, 2.24) is 0 Å². The fourth-order valence-corrected chi connectivity index (χ4v) is 4.59. The molecule has 3 heteroatoms. The standard InChI is InChI=1S/C16H26O3/c1-7-16(19-12(17)10(2)3)9-15(6)8-11(16)14(4,5)13(15)18/h11,13,18H,2,7-9H2,1,3-6H3/t11-,13+,15+,16?/m0/s1. The average molecular weight is 266 g/mol. The number of hydrogen-bond donors (Lipinski definition) is 1. The lowest BCUT2D eigenvalue weighted by molar-refractivity contribution is -0.181. The fourth-order valence-electron chi connectivity index (χ4n) is 4.59. The van der Waals surface area contributed by atoms with Gasteiger partial charge in [0, 0.05) is 11.5 Å². The highest BCUT2D eigenvalue weighted by molar-refractivity contribution is 5.87. The molecule has 19 heavy (non-hydrogen) atoms. The molecule has 0 aliphatic heterocycles. The van der Waals surface area contributed by atoms with Gasteiger partial charge in [-0.25, -0.2) is 4.79 Å². The quantitative estimate of drug-likeness (QED) is 0.631. The minimum absolute atomic E-state index is 0.139. The Hall–Kier alpha value is -0.830. The van der Waals surface area contributed by atoms with Crippen molar-refractivity contribution < 1.29 is 14.6 Å². The minimum atomic E-state index is -0.437. The largest absolute Gasteiger partial charge is 0.455 e. The monoisotopic (exact) mass is 266 g/mol. The first kappa shape index (κ1) is 14.6. The van der Waals surface area contributed by atoms with E-state index in [0.29, 0.717) is 5.57 Å². The van der Waals surface area contributed by atoms with E-state index in [2.05, 4.69) is 34.3 Å². The minimum Gasteiger partial charge on any atom is -0.455 e. The van der Waals surface area contributed by atoms with Gasteiger partial charge in [-0.3, -0.25) is 0 Å². The van der Waals surface area contributed by atoms with Crippen LogP contribution in [0.3, 0.4) is 0 Å². The predicted molar refractivity (Wildman–Crippen MR) is 74.5 cm³/mol. The smallest absolute Gasteiger partial charge is 0.333 e. The van der Waals surface area contributed by atoms with Crippen molar-refractivity contribution in [2.24, 2.45) is 16.7 Å². The van der Waals surface area contributed by atoms with Gasteiger partial charge in [0.1, 0.15) is 5.60 Å². The van der Waals surface area contributed by atoms with E-state index in [1.807, 2.05) is 0 Å². The van der Waals surface area contributed by atoms with Crippen LogP contribution in [0, 0.1) is 16.7 Å². The van der Waals surface area contributed by atoms with Crippen molar-refractivity contribution in [3.8, 4) is 0 Å². The Morgan fingerprint density at radius 1 is 1.42 bits per heavy atom. The van der Waals surface area contributed by atoms with Crippen LogP contribution >= 0.6 is 0 Å². The number of carbonyl (C=O) groups is 1. The van der Waals surface area contributed by atoms with Crippen molar-refractivity contribution in [3.63, 3.8) is 0 Å². The lowest BCUT2D eigenvalue weighted by atomic mass is 9.63. The molecule has 2 rings (SSSR count). The van der Waals surface area contributed by atoms with Gasteiger partial charge in [-0.15, -0.1) is 0 Å². The lowest BCUT2D eigenvalue weighted by Gasteiger charge is -2.49. The average Bonchev–Trinajstić information content (AvgIpc) is 2.71. The van der Waals surface area contributed by atoms with Crippen molar-refractivity contribution in [3.05, 3.63) is 12.2 Å². The van der Waals surface area contributed by atoms with Crippen molar-refractivity contribution in [1.29, 1.82) is 0 Å². The van der Waals surface area contributed by atoms with Crippen LogP contribution in [-0.2, 0) is 9.53 Å². The molecule has 0 amide bonds. The summed E-state index contributed by atoms with van der Waals surface area (Å²) in [5.74, 6) is -0.0865. The number of aliphatic hydroxyl groups is 1. The summed E-state index contributed by atoms with van der Waals surface area (Å²) >= 11 is 0. The molecule has 1 unspecified atom stereocenters. The van der Waals surface area contributed by atoms with Gasteiger partial charge < -0.3 is 9.84 Å². The van der Waals surface area contributed by atoms with E-state index in [0.717, 1.165) is 19.3 Å². The van der Waals surface area contributed by atoms with Crippen molar-refractivity contribution in [2.75, 3.05) is 0 Å². The third kappa shape index (κ3) is 1.85. The maximum atomic E-state index is 12.0. The zero-order chi connectivity index (χ0) is 14.6. The first-order valence-corrected chi connectivity index (χ1v) is 7.16. The molecule has 4 atom stereocenters. The van der Waals surface area contributed by atoms with Gasteiger partial charge in [0.05, 0.1) is 6.10 Å². The number of ether oxygens (including phenoxy) is 1. The number of rotatable bonds is 3. The van der Waals surface area contributed by atoms with Gasteiger partial charge in [0.2, 0.25) is 0 Å². The number of carbonyl (C=O) groups excluding carboxylic acids is 1. The van der Waals surface area contributed by atoms with Gasteiger partial charge in [0.25, 0.3) is 0 Å². The Bertz CT molecular complexity index is 421. The molecule has 2 saturated carbocycles. The predicted octanol–water partition coefficient (Wildman–Crippen LogP) is 3.07. The molecule has 0 aromatic heterocycles. The van der Waals surface area contributed by atoms with Crippen LogP contribution in [0.4, 0.5) is 0 Å². The SMILES string of the molecule is C=C(C)C(=O)OC1(CC)C[C@@]2(C)C[C@H]1C(C)(C)[C@H]2O. The molecule has 108 valence electrons. The Morgan fingerprint density at radius 2 is 2.00 bits per heavy atom. The van der Waals surface area contributed by atoms with Crippen LogP contribution < -0.4 is 0 Å². The molecule has 0 saturated heterocycles. The second-order valence-electron chi connectivity index (χ2n) is 7.40. The van der Waals surface area contributed by atoms with Crippen LogP contribution in [0.5, 0.6) is 0 Å². The van der Waals surface area contributed by atoms with Crippen LogP contribution in [-0.4, -0.2) is 22.8 Å². The summed E-state index contributed by atoms with van der Waals surface area (Å²) in [6, 6.07) is 0. The Labute approximate surface area is 116 Å². The summed E-state index contributed by atoms with van der Waals surface area (Å²) in [6.45, 7) is 13.7. The highest BCUT2D eigenvalue weighted by atomic mass is 16.6. The van der Waals surface area contributed by atoms with Gasteiger partial charge in [0.15, 0.2) is 0 Å². The zero-order valence-electron chi connectivity index (χ0n) is 12.7. The van der Waals surface area contributed by atoms with Crippen LogP contribution in [0.2, 0.25) is 0 Å². The topological polar surface area (TPSA) is 46.5 Å². The number of fused-ring (bicyclic) bond motifs is 2. The first-order valence-electron chi connectivity index (χ1n) is 7.16. The molecule has 2 bridgehead atoms. The summed E-state index contributed by atoms with van der Waals surface area (Å²) in [4.78, 5) is 12.0. The highest BCUT2D eigenvalue weighted by Crippen LogP contribution is 2.68. The summed E-state index contributed by atoms with van der Waals surface area (Å²) in [5, 5.41) is 10.5. The molecular weight excluding hydrogens is 240 g/mol. The maximum Gasteiger partial charge on any atom is 0.333 e. The number of hydrogen-bond acceptors (Lipinski definition) is 3. The highest BCUT2D eigenvalue weighted by Gasteiger charge is 2.69. The van der Waals surface area contributed by atoms with Gasteiger partial charge in [-0.1, -0.05) is 34.3 Å². The van der Waals surface area contributed by atoms with Crippen LogP contribution in [0.25, 0.3) is 0 Å². The molecule has 0 spiro atoms. The number of aliphatic hydroxyl groups excluding tert-OH is 1. The van der Waals surface area contributed by atoms with E-state index in [1.165, 1.54) is 0 Å². The molecular formula is C16H26O3. The van der Waals surface area contributed by atoms with Crippen LogP contribution in [0.15, 0.2) is 12.2 Å². The summed E-state index contributed by atoms with van der Waals surface area (Å²) in [7, 11) is 0. The molecule has 2 aliphatic rings. The molecule has 0 aromatic rings. The Kier molecular flexibility index (Phi) is 3.13. The van der Waals surface area contributed by atoms with E-state index in [1.54, 1.807) is 6.92 Å². The zero-order valence-corrected chi connectivity index (χ0v) is 12.7. The third-order valence-electron chi connectivity index (χ3n) is 5.51. The van der Waals surface area contributed by atoms with Gasteiger partial charge >= 0.3 is 5.97 Å². The Morgan fingerprint density at radius 3 is 2.37 bits per heavy atom. The second-order valence-corrected chi connectivity index (χ2v) is 7.40. The maximum absolute atomic E-state index is 12.0. The van der Waals surface area contributed by atoms with E-state index >= 15 is 0 Å². The molecule has 2 aliphatic carbocycles. The Balaban J connectivity index is 2.35. The van der Waals surface area contributed by atoms with Gasteiger partial charge in [-0.2, -0.15) is 0 Å². The van der Waals surface area contributed by atoms with Crippen LogP contribution in [0.1, 0.15) is 53.9 Å². The molecule has 0 heterocycles. The molecule has 0 aromatic carbocycles. The van der Waals surface area contributed by atoms with E-state index in [4.69, 9.17) is 4.74 Å². The fraction of sp³-hybridized carbons (Fsp3) is 0.812. The molecule has 2 fully saturated rings. The normalized spacial score (nSPS) is 43.3. The second kappa shape index (κ2) is 4.08. The van der Waals surface area contributed by atoms with E-state index < -0.39 is 5.60 Å².